The first-order chi connectivity index (χ1) is 9.56. The number of carbonyl (C=O) groups is 1. The van der Waals surface area contributed by atoms with Crippen LogP contribution in [0.1, 0.15) is 78.1 Å². The molecule has 1 heteroatoms. The van der Waals surface area contributed by atoms with Gasteiger partial charge in [0.1, 0.15) is 5.78 Å². The van der Waals surface area contributed by atoms with Crippen LogP contribution in [0.15, 0.2) is 0 Å². The van der Waals surface area contributed by atoms with Crippen molar-refractivity contribution < 1.29 is 4.79 Å². The van der Waals surface area contributed by atoms with Crippen molar-refractivity contribution in [2.24, 2.45) is 34.5 Å². The Bertz CT molecular complexity index is 427. The normalized spacial score (nSPS) is 55.0. The molecule has 0 saturated heterocycles. The zero-order valence-electron chi connectivity index (χ0n) is 13.3. The number of fused-ring (bicyclic) bond motifs is 5. The molecule has 0 N–H and O–H groups in total. The van der Waals surface area contributed by atoms with Crippen LogP contribution in [0.5, 0.6) is 0 Å². The van der Waals surface area contributed by atoms with Crippen molar-refractivity contribution in [2.75, 3.05) is 0 Å². The van der Waals surface area contributed by atoms with E-state index in [4.69, 9.17) is 0 Å². The second kappa shape index (κ2) is 4.34. The van der Waals surface area contributed by atoms with Gasteiger partial charge in [-0.2, -0.15) is 0 Å². The Labute approximate surface area is 123 Å². The van der Waals surface area contributed by atoms with Gasteiger partial charge in [0.2, 0.25) is 0 Å². The van der Waals surface area contributed by atoms with Gasteiger partial charge in [-0.3, -0.25) is 4.79 Å². The van der Waals surface area contributed by atoms with Crippen LogP contribution in [0.3, 0.4) is 0 Å². The summed E-state index contributed by atoms with van der Waals surface area (Å²) in [7, 11) is 0. The van der Waals surface area contributed by atoms with E-state index in [-0.39, 0.29) is 5.41 Å². The van der Waals surface area contributed by atoms with E-state index in [0.717, 1.165) is 30.1 Å². The molecule has 0 spiro atoms. The number of ketones is 1. The molecule has 1 nitrogen and oxygen atoms in total. The summed E-state index contributed by atoms with van der Waals surface area (Å²) in [6, 6.07) is 0. The molecule has 0 radical (unpaired) electrons. The molecule has 4 aliphatic rings. The Kier molecular flexibility index (Phi) is 2.89. The van der Waals surface area contributed by atoms with Gasteiger partial charge in [0.25, 0.3) is 0 Å². The lowest BCUT2D eigenvalue weighted by atomic mass is 9.45. The highest BCUT2D eigenvalue weighted by molar-refractivity contribution is 5.87. The van der Waals surface area contributed by atoms with Crippen LogP contribution in [0.4, 0.5) is 0 Å². The SMILES string of the molecule is C[C@@]12CCCC[C@@H]1CC[C@H]1[C@H]3CCC(=O)[C@]3(C)CC[C@@H]12. The third kappa shape index (κ3) is 1.58. The fourth-order valence-corrected chi connectivity index (χ4v) is 7.07. The molecule has 0 unspecified atom stereocenters. The van der Waals surface area contributed by atoms with Crippen molar-refractivity contribution in [3.63, 3.8) is 0 Å². The van der Waals surface area contributed by atoms with E-state index in [0.29, 0.717) is 11.2 Å². The van der Waals surface area contributed by atoms with Gasteiger partial charge in [0.15, 0.2) is 0 Å². The first kappa shape index (κ1) is 13.3. The van der Waals surface area contributed by atoms with Gasteiger partial charge in [-0.05, 0) is 74.0 Å². The average molecular weight is 274 g/mol. The van der Waals surface area contributed by atoms with E-state index >= 15 is 0 Å². The van der Waals surface area contributed by atoms with E-state index in [1.807, 2.05) is 0 Å². The summed E-state index contributed by atoms with van der Waals surface area (Å²) in [6.07, 6.45) is 13.4. The lowest BCUT2D eigenvalue weighted by Crippen LogP contribution is -2.52. The van der Waals surface area contributed by atoms with Gasteiger partial charge in [-0.25, -0.2) is 0 Å². The van der Waals surface area contributed by atoms with Crippen LogP contribution in [0.25, 0.3) is 0 Å². The second-order valence-corrected chi connectivity index (χ2v) is 8.82. The first-order valence-corrected chi connectivity index (χ1v) is 9.09. The zero-order chi connectivity index (χ0) is 14.0. The van der Waals surface area contributed by atoms with Crippen molar-refractivity contribution in [2.45, 2.75) is 78.1 Å². The molecule has 6 atom stereocenters. The molecule has 0 aromatic carbocycles. The van der Waals surface area contributed by atoms with Gasteiger partial charge >= 0.3 is 0 Å². The van der Waals surface area contributed by atoms with E-state index < -0.39 is 0 Å². The molecule has 4 rings (SSSR count). The predicted octanol–water partition coefficient (Wildman–Crippen LogP) is 4.99. The summed E-state index contributed by atoms with van der Waals surface area (Å²) in [5.74, 6) is 4.13. The van der Waals surface area contributed by atoms with Crippen LogP contribution in [-0.2, 0) is 4.79 Å². The summed E-state index contributed by atoms with van der Waals surface area (Å²) in [6.45, 7) is 4.92. The predicted molar refractivity (Wildman–Crippen MR) is 81.4 cm³/mol. The maximum Gasteiger partial charge on any atom is 0.139 e. The molecule has 4 saturated carbocycles. The molecular weight excluding hydrogens is 244 g/mol. The minimum Gasteiger partial charge on any atom is -0.299 e. The number of hydrogen-bond donors (Lipinski definition) is 0. The highest BCUT2D eigenvalue weighted by atomic mass is 16.1. The van der Waals surface area contributed by atoms with E-state index in [1.165, 1.54) is 57.8 Å². The molecule has 20 heavy (non-hydrogen) atoms. The number of hydrogen-bond acceptors (Lipinski definition) is 1. The highest BCUT2D eigenvalue weighted by Crippen LogP contribution is 2.65. The fraction of sp³-hybridized carbons (Fsp3) is 0.947. The number of Topliss-reactive ketones (excluding diaryl/α,β-unsaturated/α-hetero) is 1. The molecule has 0 bridgehead atoms. The molecule has 0 aromatic rings. The van der Waals surface area contributed by atoms with Gasteiger partial charge in [0, 0.05) is 11.8 Å². The van der Waals surface area contributed by atoms with Gasteiger partial charge in [0.05, 0.1) is 0 Å². The maximum atomic E-state index is 12.4. The lowest BCUT2D eigenvalue weighted by molar-refractivity contribution is -0.138. The summed E-state index contributed by atoms with van der Waals surface area (Å²) in [5, 5.41) is 0. The summed E-state index contributed by atoms with van der Waals surface area (Å²) >= 11 is 0. The van der Waals surface area contributed by atoms with E-state index in [1.54, 1.807) is 0 Å². The van der Waals surface area contributed by atoms with Gasteiger partial charge < -0.3 is 0 Å². The first-order valence-electron chi connectivity index (χ1n) is 9.09. The third-order valence-electron chi connectivity index (χ3n) is 8.29. The quantitative estimate of drug-likeness (QED) is 0.608. The van der Waals surface area contributed by atoms with Crippen molar-refractivity contribution in [1.29, 1.82) is 0 Å². The molecule has 4 fully saturated rings. The Balaban J connectivity index is 1.66. The van der Waals surface area contributed by atoms with Crippen molar-refractivity contribution >= 4 is 5.78 Å². The van der Waals surface area contributed by atoms with Crippen molar-refractivity contribution in [1.82, 2.24) is 0 Å². The minimum absolute atomic E-state index is 0.0685. The Morgan fingerprint density at radius 1 is 0.900 bits per heavy atom. The summed E-state index contributed by atoms with van der Waals surface area (Å²) in [5.41, 5.74) is 0.688. The Morgan fingerprint density at radius 3 is 2.60 bits per heavy atom. The van der Waals surface area contributed by atoms with Crippen molar-refractivity contribution in [3.8, 4) is 0 Å². The second-order valence-electron chi connectivity index (χ2n) is 8.82. The van der Waals surface area contributed by atoms with E-state index in [9.17, 15) is 4.79 Å². The summed E-state index contributed by atoms with van der Waals surface area (Å²) in [4.78, 5) is 12.4. The standard InChI is InChI=1S/C19H30O/c1-18-11-4-3-5-13(18)6-7-14-15-8-9-17(20)19(15,2)12-10-16(14)18/h13-16H,3-12H2,1-2H3/t13-,14+,15-,16+,18-,19-/m1/s1. The maximum absolute atomic E-state index is 12.4. The lowest BCUT2D eigenvalue weighted by Gasteiger charge is -2.59. The molecular formula is C19H30O. The topological polar surface area (TPSA) is 17.1 Å². The molecule has 0 aromatic heterocycles. The number of carbonyl (C=O) groups excluding carboxylic acids is 1. The van der Waals surface area contributed by atoms with Crippen LogP contribution in [-0.4, -0.2) is 5.78 Å². The van der Waals surface area contributed by atoms with Crippen LogP contribution in [0.2, 0.25) is 0 Å². The Hall–Kier alpha value is -0.330. The largest absolute Gasteiger partial charge is 0.299 e. The summed E-state index contributed by atoms with van der Waals surface area (Å²) < 4.78 is 0. The monoisotopic (exact) mass is 274 g/mol. The van der Waals surface area contributed by atoms with Gasteiger partial charge in [-0.15, -0.1) is 0 Å². The van der Waals surface area contributed by atoms with Crippen molar-refractivity contribution in [3.05, 3.63) is 0 Å². The molecule has 0 amide bonds. The smallest absolute Gasteiger partial charge is 0.139 e. The molecule has 112 valence electrons. The fourth-order valence-electron chi connectivity index (χ4n) is 7.07. The van der Waals surface area contributed by atoms with Crippen LogP contribution in [0, 0.1) is 34.5 Å². The minimum atomic E-state index is 0.0685. The molecule has 4 aliphatic carbocycles. The van der Waals surface area contributed by atoms with E-state index in [2.05, 4.69) is 13.8 Å². The zero-order valence-corrected chi connectivity index (χ0v) is 13.3. The van der Waals surface area contributed by atoms with Gasteiger partial charge in [-0.1, -0.05) is 26.7 Å². The van der Waals surface area contributed by atoms with Crippen LogP contribution >= 0.6 is 0 Å². The highest BCUT2D eigenvalue weighted by Gasteiger charge is 2.59. The average Bonchev–Trinajstić information content (AvgIpc) is 2.74. The molecule has 0 aliphatic heterocycles. The van der Waals surface area contributed by atoms with Crippen LogP contribution < -0.4 is 0 Å². The number of rotatable bonds is 0. The Morgan fingerprint density at radius 2 is 1.75 bits per heavy atom. The third-order valence-corrected chi connectivity index (χ3v) is 8.29. The molecule has 0 heterocycles.